The Morgan fingerprint density at radius 1 is 0.950 bits per heavy atom. The Hall–Kier alpha value is -1.69. The summed E-state index contributed by atoms with van der Waals surface area (Å²) in [4.78, 5) is 0.201. The lowest BCUT2D eigenvalue weighted by molar-refractivity contribution is 0.179. The van der Waals surface area contributed by atoms with Crippen LogP contribution < -0.4 is 4.72 Å². The molecule has 0 amide bonds. The normalized spacial score (nSPS) is 13.1. The molecule has 2 rings (SSSR count). The highest BCUT2D eigenvalue weighted by Gasteiger charge is 2.15. The molecule has 0 aliphatic heterocycles. The van der Waals surface area contributed by atoms with E-state index in [2.05, 4.69) is 4.72 Å². The zero-order chi connectivity index (χ0) is 14.4. The second-order valence-electron chi connectivity index (χ2n) is 4.51. The van der Waals surface area contributed by atoms with E-state index in [-0.39, 0.29) is 11.4 Å². The number of nitrogens with one attached hydrogen (secondary N) is 1. The fraction of sp³-hybridized carbons (Fsp3) is 0.200. The van der Waals surface area contributed by atoms with Gasteiger partial charge < -0.3 is 5.11 Å². The van der Waals surface area contributed by atoms with E-state index in [4.69, 9.17) is 0 Å². The van der Waals surface area contributed by atoms with Gasteiger partial charge in [-0.2, -0.15) is 0 Å². The molecule has 0 aliphatic rings. The van der Waals surface area contributed by atoms with Crippen molar-refractivity contribution in [2.24, 2.45) is 0 Å². The van der Waals surface area contributed by atoms with Crippen LogP contribution in [0.15, 0.2) is 65.6 Å². The number of aliphatic hydroxyl groups is 1. The van der Waals surface area contributed by atoms with Crippen LogP contribution >= 0.6 is 0 Å². The maximum Gasteiger partial charge on any atom is 0.240 e. The van der Waals surface area contributed by atoms with Crippen molar-refractivity contribution in [1.82, 2.24) is 4.72 Å². The third-order valence-corrected chi connectivity index (χ3v) is 4.32. The van der Waals surface area contributed by atoms with Crippen LogP contribution in [0.25, 0.3) is 0 Å². The summed E-state index contributed by atoms with van der Waals surface area (Å²) < 4.78 is 26.4. The van der Waals surface area contributed by atoms with Crippen LogP contribution in [0.4, 0.5) is 0 Å². The summed E-state index contributed by atoms with van der Waals surface area (Å²) in [5.74, 6) is 0. The minimum atomic E-state index is -3.56. The summed E-state index contributed by atoms with van der Waals surface area (Å²) in [7, 11) is -3.56. The van der Waals surface area contributed by atoms with Crippen molar-refractivity contribution in [3.63, 3.8) is 0 Å². The lowest BCUT2D eigenvalue weighted by Crippen LogP contribution is -2.33. The maximum absolute atomic E-state index is 12.0. The van der Waals surface area contributed by atoms with Crippen molar-refractivity contribution in [2.45, 2.75) is 17.4 Å². The van der Waals surface area contributed by atoms with E-state index >= 15 is 0 Å². The van der Waals surface area contributed by atoms with Crippen LogP contribution in [0, 0.1) is 0 Å². The highest BCUT2D eigenvalue weighted by molar-refractivity contribution is 7.89. The fourth-order valence-corrected chi connectivity index (χ4v) is 2.94. The Bertz CT molecular complexity index is 627. The molecule has 0 saturated heterocycles. The number of hydrogen-bond acceptors (Lipinski definition) is 3. The first-order chi connectivity index (χ1) is 9.58. The van der Waals surface area contributed by atoms with Gasteiger partial charge in [0.2, 0.25) is 10.0 Å². The first-order valence-corrected chi connectivity index (χ1v) is 7.83. The first kappa shape index (κ1) is 14.7. The Balaban J connectivity index is 1.92. The van der Waals surface area contributed by atoms with Gasteiger partial charge in [0.15, 0.2) is 0 Å². The van der Waals surface area contributed by atoms with E-state index in [1.165, 1.54) is 12.1 Å². The van der Waals surface area contributed by atoms with Gasteiger partial charge in [-0.15, -0.1) is 0 Å². The molecule has 0 spiro atoms. The monoisotopic (exact) mass is 291 g/mol. The number of sulfonamides is 1. The Labute approximate surface area is 119 Å². The van der Waals surface area contributed by atoms with Gasteiger partial charge in [0, 0.05) is 6.54 Å². The minimum Gasteiger partial charge on any atom is -0.391 e. The Kier molecular flexibility index (Phi) is 4.89. The summed E-state index contributed by atoms with van der Waals surface area (Å²) in [5.41, 5.74) is 0.971. The average molecular weight is 291 g/mol. The van der Waals surface area contributed by atoms with Crippen molar-refractivity contribution in [3.05, 3.63) is 66.2 Å². The van der Waals surface area contributed by atoms with Crippen molar-refractivity contribution in [2.75, 3.05) is 6.54 Å². The molecule has 0 fully saturated rings. The molecular formula is C15H17NO3S. The van der Waals surface area contributed by atoms with Gasteiger partial charge in [0.25, 0.3) is 0 Å². The van der Waals surface area contributed by atoms with E-state index in [0.29, 0.717) is 6.42 Å². The van der Waals surface area contributed by atoms with Crippen LogP contribution in [0.5, 0.6) is 0 Å². The summed E-state index contributed by atoms with van der Waals surface area (Å²) in [5, 5.41) is 9.89. The van der Waals surface area contributed by atoms with Crippen molar-refractivity contribution in [1.29, 1.82) is 0 Å². The van der Waals surface area contributed by atoms with Gasteiger partial charge in [-0.05, 0) is 24.1 Å². The van der Waals surface area contributed by atoms with Crippen LogP contribution in [-0.2, 0) is 16.4 Å². The van der Waals surface area contributed by atoms with Crippen molar-refractivity contribution < 1.29 is 13.5 Å². The standard InChI is InChI=1S/C15H17NO3S/c17-14(11-13-7-3-1-4-8-13)12-16-20(18,19)15-9-5-2-6-10-15/h1-10,14,16-17H,11-12H2. The Morgan fingerprint density at radius 3 is 2.10 bits per heavy atom. The number of aliphatic hydroxyl groups excluding tert-OH is 1. The summed E-state index contributed by atoms with van der Waals surface area (Å²) in [6.07, 6.45) is -0.339. The molecule has 0 radical (unpaired) electrons. The van der Waals surface area contributed by atoms with Gasteiger partial charge in [0.1, 0.15) is 0 Å². The third-order valence-electron chi connectivity index (χ3n) is 2.88. The molecule has 5 heteroatoms. The third kappa shape index (κ3) is 4.16. The second-order valence-corrected chi connectivity index (χ2v) is 6.28. The zero-order valence-electron chi connectivity index (χ0n) is 10.9. The summed E-state index contributed by atoms with van der Waals surface area (Å²) in [6.45, 7) is -0.00782. The van der Waals surface area contributed by atoms with Crippen molar-refractivity contribution >= 4 is 10.0 Å². The topological polar surface area (TPSA) is 66.4 Å². The molecule has 4 nitrogen and oxygen atoms in total. The SMILES string of the molecule is O=S(=O)(NCC(O)Cc1ccccc1)c1ccccc1. The fourth-order valence-electron chi connectivity index (χ4n) is 1.85. The van der Waals surface area contributed by atoms with E-state index in [1.807, 2.05) is 30.3 Å². The lowest BCUT2D eigenvalue weighted by Gasteiger charge is -2.12. The molecule has 2 aromatic carbocycles. The van der Waals surface area contributed by atoms with E-state index in [1.54, 1.807) is 18.2 Å². The van der Waals surface area contributed by atoms with Gasteiger partial charge in [-0.1, -0.05) is 48.5 Å². The Morgan fingerprint density at radius 2 is 1.50 bits per heavy atom. The molecule has 2 aromatic rings. The minimum absolute atomic E-state index is 0.00782. The molecule has 0 saturated carbocycles. The predicted octanol–water partition coefficient (Wildman–Crippen LogP) is 1.57. The molecule has 1 atom stereocenters. The van der Waals surface area contributed by atoms with Crippen LogP contribution in [0.3, 0.4) is 0 Å². The average Bonchev–Trinajstić information content (AvgIpc) is 2.47. The second kappa shape index (κ2) is 6.65. The van der Waals surface area contributed by atoms with Gasteiger partial charge in [0.05, 0.1) is 11.0 Å². The molecule has 0 bridgehead atoms. The van der Waals surface area contributed by atoms with Gasteiger partial charge >= 0.3 is 0 Å². The number of hydrogen-bond donors (Lipinski definition) is 2. The van der Waals surface area contributed by atoms with E-state index in [9.17, 15) is 13.5 Å². The highest BCUT2D eigenvalue weighted by Crippen LogP contribution is 2.08. The van der Waals surface area contributed by atoms with Crippen molar-refractivity contribution in [3.8, 4) is 0 Å². The molecule has 0 heterocycles. The zero-order valence-corrected chi connectivity index (χ0v) is 11.8. The smallest absolute Gasteiger partial charge is 0.240 e. The molecule has 1 unspecified atom stereocenters. The lowest BCUT2D eigenvalue weighted by atomic mass is 10.1. The van der Waals surface area contributed by atoms with Gasteiger partial charge in [-0.25, -0.2) is 13.1 Å². The number of benzene rings is 2. The number of rotatable bonds is 6. The molecule has 2 N–H and O–H groups in total. The van der Waals surface area contributed by atoms with E-state index < -0.39 is 16.1 Å². The van der Waals surface area contributed by atoms with Gasteiger partial charge in [-0.3, -0.25) is 0 Å². The molecule has 20 heavy (non-hydrogen) atoms. The van der Waals surface area contributed by atoms with Crippen LogP contribution in [0.2, 0.25) is 0 Å². The van der Waals surface area contributed by atoms with Crippen LogP contribution in [0.1, 0.15) is 5.56 Å². The molecule has 106 valence electrons. The van der Waals surface area contributed by atoms with E-state index in [0.717, 1.165) is 5.56 Å². The molecule has 0 aromatic heterocycles. The largest absolute Gasteiger partial charge is 0.391 e. The maximum atomic E-state index is 12.0. The van der Waals surface area contributed by atoms with Crippen LogP contribution in [-0.4, -0.2) is 26.2 Å². The highest BCUT2D eigenvalue weighted by atomic mass is 32.2. The summed E-state index contributed by atoms with van der Waals surface area (Å²) in [6, 6.07) is 17.6. The molecule has 0 aliphatic carbocycles. The predicted molar refractivity (Wildman–Crippen MR) is 77.8 cm³/mol. The quantitative estimate of drug-likeness (QED) is 0.849. The first-order valence-electron chi connectivity index (χ1n) is 6.34. The summed E-state index contributed by atoms with van der Waals surface area (Å²) >= 11 is 0. The molecular weight excluding hydrogens is 274 g/mol.